The quantitative estimate of drug-likeness (QED) is 0.650. The maximum Gasteiger partial charge on any atom is 0.309 e. The molecule has 0 unspecified atom stereocenters. The van der Waals surface area contributed by atoms with E-state index in [1.165, 1.54) is 0 Å². The third-order valence-corrected chi connectivity index (χ3v) is 3.00. The monoisotopic (exact) mass is 255 g/mol. The van der Waals surface area contributed by atoms with E-state index in [0.717, 1.165) is 12.0 Å². The molecule has 1 aromatic carbocycles. The van der Waals surface area contributed by atoms with Crippen LogP contribution < -0.4 is 5.73 Å². The van der Waals surface area contributed by atoms with Gasteiger partial charge in [0.05, 0.1) is 23.2 Å². The van der Waals surface area contributed by atoms with Crippen molar-refractivity contribution in [3.8, 4) is 0 Å². The summed E-state index contributed by atoms with van der Waals surface area (Å²) >= 11 is 5.85. The zero-order valence-corrected chi connectivity index (χ0v) is 11.0. The number of ether oxygens (including phenoxy) is 1. The van der Waals surface area contributed by atoms with E-state index in [4.69, 9.17) is 22.1 Å². The molecule has 4 heteroatoms. The van der Waals surface area contributed by atoms with Gasteiger partial charge in [-0.25, -0.2) is 0 Å². The Hall–Kier alpha value is -1.22. The molecular formula is C13H18ClNO2. The molecule has 0 heterocycles. The maximum absolute atomic E-state index is 11.7. The fraction of sp³-hybridized carbons (Fsp3) is 0.462. The Labute approximate surface area is 107 Å². The minimum absolute atomic E-state index is 0.115. The molecule has 1 rings (SSSR count). The highest BCUT2D eigenvalue weighted by atomic mass is 35.5. The average molecular weight is 256 g/mol. The van der Waals surface area contributed by atoms with Crippen molar-refractivity contribution in [2.45, 2.75) is 26.7 Å². The molecule has 0 aliphatic rings. The molecule has 0 bridgehead atoms. The summed E-state index contributed by atoms with van der Waals surface area (Å²) in [7, 11) is 0. The smallest absolute Gasteiger partial charge is 0.309 e. The lowest BCUT2D eigenvalue weighted by atomic mass is 9.97. The summed E-state index contributed by atoms with van der Waals surface area (Å²) < 4.78 is 5.02. The first-order valence-corrected chi connectivity index (χ1v) is 6.16. The Kier molecular flexibility index (Phi) is 5.29. The zero-order valence-electron chi connectivity index (χ0n) is 10.2. The molecule has 0 aliphatic carbocycles. The number of carbonyl (C=O) groups is 1. The number of benzene rings is 1. The lowest BCUT2D eigenvalue weighted by Gasteiger charge is -2.14. The van der Waals surface area contributed by atoms with Gasteiger partial charge >= 0.3 is 5.97 Å². The van der Waals surface area contributed by atoms with E-state index in [0.29, 0.717) is 23.7 Å². The summed E-state index contributed by atoms with van der Waals surface area (Å²) in [5.41, 5.74) is 7.28. The SMILES string of the molecule is CCOC(=O)[C@@H](CC)Cc1ccc(Cl)c(N)c1. The van der Waals surface area contributed by atoms with Crippen molar-refractivity contribution in [1.29, 1.82) is 0 Å². The van der Waals surface area contributed by atoms with Crippen LogP contribution >= 0.6 is 11.6 Å². The average Bonchev–Trinajstić information content (AvgIpc) is 2.30. The third kappa shape index (κ3) is 3.93. The molecule has 0 fully saturated rings. The van der Waals surface area contributed by atoms with E-state index < -0.39 is 0 Å². The number of anilines is 1. The minimum Gasteiger partial charge on any atom is -0.466 e. The second kappa shape index (κ2) is 6.50. The van der Waals surface area contributed by atoms with Crippen molar-refractivity contribution in [3.05, 3.63) is 28.8 Å². The van der Waals surface area contributed by atoms with Gasteiger partial charge in [0.2, 0.25) is 0 Å². The van der Waals surface area contributed by atoms with Gasteiger partial charge in [-0.2, -0.15) is 0 Å². The number of hydrogen-bond acceptors (Lipinski definition) is 3. The molecule has 0 amide bonds. The molecule has 0 spiro atoms. The topological polar surface area (TPSA) is 52.3 Å². The van der Waals surface area contributed by atoms with Gasteiger partial charge in [-0.05, 0) is 37.5 Å². The second-order valence-electron chi connectivity index (χ2n) is 3.92. The van der Waals surface area contributed by atoms with E-state index in [1.54, 1.807) is 6.07 Å². The van der Waals surface area contributed by atoms with Gasteiger partial charge in [0, 0.05) is 0 Å². The summed E-state index contributed by atoms with van der Waals surface area (Å²) in [4.78, 5) is 11.7. The van der Waals surface area contributed by atoms with Crippen LogP contribution in [0.2, 0.25) is 5.02 Å². The van der Waals surface area contributed by atoms with Crippen LogP contribution in [0.5, 0.6) is 0 Å². The van der Waals surface area contributed by atoms with Gasteiger partial charge in [0.15, 0.2) is 0 Å². The number of hydrogen-bond donors (Lipinski definition) is 1. The van der Waals surface area contributed by atoms with Gasteiger partial charge in [-0.3, -0.25) is 4.79 Å². The molecule has 0 aliphatic heterocycles. The van der Waals surface area contributed by atoms with Crippen LogP contribution in [-0.2, 0) is 16.0 Å². The van der Waals surface area contributed by atoms with Crippen LogP contribution in [0.3, 0.4) is 0 Å². The Morgan fingerprint density at radius 3 is 2.71 bits per heavy atom. The standard InChI is InChI=1S/C13H18ClNO2/c1-3-10(13(16)17-4-2)7-9-5-6-11(14)12(15)8-9/h5-6,8,10H,3-4,7,15H2,1-2H3/t10-/m0/s1. The van der Waals surface area contributed by atoms with E-state index in [9.17, 15) is 4.79 Å². The van der Waals surface area contributed by atoms with Crippen molar-refractivity contribution in [1.82, 2.24) is 0 Å². The molecule has 0 saturated heterocycles. The van der Waals surface area contributed by atoms with Crippen molar-refractivity contribution in [2.75, 3.05) is 12.3 Å². The van der Waals surface area contributed by atoms with Crippen LogP contribution in [0.25, 0.3) is 0 Å². The van der Waals surface area contributed by atoms with Crippen LogP contribution in [0, 0.1) is 5.92 Å². The number of esters is 1. The molecule has 2 N–H and O–H groups in total. The minimum atomic E-state index is -0.150. The second-order valence-corrected chi connectivity index (χ2v) is 4.32. The molecule has 0 radical (unpaired) electrons. The number of carbonyl (C=O) groups excluding carboxylic acids is 1. The number of nitrogen functional groups attached to an aromatic ring is 1. The Morgan fingerprint density at radius 2 is 2.18 bits per heavy atom. The van der Waals surface area contributed by atoms with Gasteiger partial charge in [-0.15, -0.1) is 0 Å². The highest BCUT2D eigenvalue weighted by Gasteiger charge is 2.18. The predicted molar refractivity (Wildman–Crippen MR) is 70.0 cm³/mol. The molecular weight excluding hydrogens is 238 g/mol. The van der Waals surface area contributed by atoms with Crippen molar-refractivity contribution < 1.29 is 9.53 Å². The Bertz CT molecular complexity index is 393. The van der Waals surface area contributed by atoms with Gasteiger partial charge in [0.25, 0.3) is 0 Å². The molecule has 3 nitrogen and oxygen atoms in total. The molecule has 0 aromatic heterocycles. The normalized spacial score (nSPS) is 12.2. The first kappa shape index (κ1) is 13.8. The lowest BCUT2D eigenvalue weighted by molar-refractivity contribution is -0.148. The van der Waals surface area contributed by atoms with Crippen LogP contribution in [0.1, 0.15) is 25.8 Å². The fourth-order valence-electron chi connectivity index (χ4n) is 1.66. The number of halogens is 1. The molecule has 1 aromatic rings. The maximum atomic E-state index is 11.7. The van der Waals surface area contributed by atoms with E-state index in [-0.39, 0.29) is 11.9 Å². The molecule has 0 saturated carbocycles. The summed E-state index contributed by atoms with van der Waals surface area (Å²) in [6.07, 6.45) is 1.39. The van der Waals surface area contributed by atoms with E-state index in [2.05, 4.69) is 0 Å². The van der Waals surface area contributed by atoms with E-state index >= 15 is 0 Å². The Balaban J connectivity index is 2.73. The van der Waals surface area contributed by atoms with Crippen molar-refractivity contribution in [3.63, 3.8) is 0 Å². The Morgan fingerprint density at radius 1 is 1.47 bits per heavy atom. The largest absolute Gasteiger partial charge is 0.466 e. The molecule has 94 valence electrons. The van der Waals surface area contributed by atoms with Gasteiger partial charge < -0.3 is 10.5 Å². The lowest BCUT2D eigenvalue weighted by Crippen LogP contribution is -2.19. The van der Waals surface area contributed by atoms with Crippen LogP contribution in [0.15, 0.2) is 18.2 Å². The first-order valence-electron chi connectivity index (χ1n) is 5.79. The number of rotatable bonds is 5. The highest BCUT2D eigenvalue weighted by Crippen LogP contribution is 2.22. The summed E-state index contributed by atoms with van der Waals surface area (Å²) in [5, 5.41) is 0.540. The van der Waals surface area contributed by atoms with Crippen LogP contribution in [0.4, 0.5) is 5.69 Å². The van der Waals surface area contributed by atoms with Gasteiger partial charge in [0.1, 0.15) is 0 Å². The predicted octanol–water partition coefficient (Wildman–Crippen LogP) is 3.05. The summed E-state index contributed by atoms with van der Waals surface area (Å²) in [5.74, 6) is -0.265. The van der Waals surface area contributed by atoms with Gasteiger partial charge in [-0.1, -0.05) is 24.6 Å². The van der Waals surface area contributed by atoms with Crippen LogP contribution in [-0.4, -0.2) is 12.6 Å². The van der Waals surface area contributed by atoms with Crippen molar-refractivity contribution in [2.24, 2.45) is 5.92 Å². The third-order valence-electron chi connectivity index (χ3n) is 2.66. The molecule has 1 atom stereocenters. The van der Waals surface area contributed by atoms with E-state index in [1.807, 2.05) is 26.0 Å². The highest BCUT2D eigenvalue weighted by molar-refractivity contribution is 6.33. The summed E-state index contributed by atoms with van der Waals surface area (Å²) in [6.45, 7) is 4.20. The first-order chi connectivity index (χ1) is 8.08. The fourth-order valence-corrected chi connectivity index (χ4v) is 1.78. The summed E-state index contributed by atoms with van der Waals surface area (Å²) in [6, 6.07) is 5.45. The molecule has 17 heavy (non-hydrogen) atoms. The number of nitrogens with two attached hydrogens (primary N) is 1. The van der Waals surface area contributed by atoms with Crippen molar-refractivity contribution >= 4 is 23.3 Å². The zero-order chi connectivity index (χ0) is 12.8.